The number of hydrogen-bond acceptors (Lipinski definition) is 5. The third-order valence-corrected chi connectivity index (χ3v) is 5.66. The van der Waals surface area contributed by atoms with Crippen LogP contribution in [0.5, 0.6) is 0 Å². The van der Waals surface area contributed by atoms with E-state index in [1.165, 1.54) is 11.6 Å². The van der Waals surface area contributed by atoms with Crippen molar-refractivity contribution in [1.29, 1.82) is 0 Å². The van der Waals surface area contributed by atoms with Gasteiger partial charge in [0.25, 0.3) is 5.56 Å². The molecule has 0 radical (unpaired) electrons. The Bertz CT molecular complexity index is 1150. The molecule has 1 aromatic carbocycles. The van der Waals surface area contributed by atoms with E-state index >= 15 is 0 Å². The van der Waals surface area contributed by atoms with Crippen molar-refractivity contribution in [2.75, 3.05) is 24.5 Å². The fourth-order valence-corrected chi connectivity index (χ4v) is 4.10. The van der Waals surface area contributed by atoms with Gasteiger partial charge >= 0.3 is 5.69 Å². The molecule has 1 fully saturated rings. The molecule has 1 saturated heterocycles. The van der Waals surface area contributed by atoms with Gasteiger partial charge in [-0.15, -0.1) is 0 Å². The van der Waals surface area contributed by atoms with Crippen LogP contribution in [0.4, 0.5) is 5.69 Å². The number of imidazole rings is 1. The number of anilines is 1. The summed E-state index contributed by atoms with van der Waals surface area (Å²) in [6.45, 7) is 5.30. The number of aryl methyl sites for hydroxylation is 1. The summed E-state index contributed by atoms with van der Waals surface area (Å²) in [5, 5.41) is 0.735. The van der Waals surface area contributed by atoms with Crippen LogP contribution < -0.4 is 16.1 Å². The molecular formula is C19H23ClN6O2. The second-order valence-electron chi connectivity index (χ2n) is 7.33. The highest BCUT2D eigenvalue weighted by Gasteiger charge is 2.25. The van der Waals surface area contributed by atoms with Gasteiger partial charge in [0.2, 0.25) is 0 Å². The summed E-state index contributed by atoms with van der Waals surface area (Å²) in [5.41, 5.74) is 1.30. The minimum atomic E-state index is -0.369. The highest BCUT2D eigenvalue weighted by molar-refractivity contribution is 6.30. The van der Waals surface area contributed by atoms with Crippen molar-refractivity contribution in [3.05, 3.63) is 56.5 Å². The van der Waals surface area contributed by atoms with Crippen LogP contribution in [0.1, 0.15) is 6.92 Å². The first-order valence-electron chi connectivity index (χ1n) is 9.22. The summed E-state index contributed by atoms with van der Waals surface area (Å²) >= 11 is 6.14. The Balaban J connectivity index is 1.57. The summed E-state index contributed by atoms with van der Waals surface area (Å²) < 4.78 is 4.37. The Morgan fingerprint density at radius 2 is 1.96 bits per heavy atom. The lowest BCUT2D eigenvalue weighted by Gasteiger charge is -2.41. The number of fused-ring (bicyclic) bond motifs is 1. The molecule has 3 heterocycles. The maximum absolute atomic E-state index is 12.6. The summed E-state index contributed by atoms with van der Waals surface area (Å²) in [6, 6.07) is 8.21. The molecule has 0 spiro atoms. The minimum absolute atomic E-state index is 0.300. The van der Waals surface area contributed by atoms with Gasteiger partial charge in [0.15, 0.2) is 11.2 Å². The highest BCUT2D eigenvalue weighted by Crippen LogP contribution is 2.24. The third-order valence-electron chi connectivity index (χ3n) is 5.42. The van der Waals surface area contributed by atoms with Crippen molar-refractivity contribution in [2.24, 2.45) is 14.1 Å². The van der Waals surface area contributed by atoms with Gasteiger partial charge < -0.3 is 9.47 Å². The lowest BCUT2D eigenvalue weighted by Crippen LogP contribution is -2.52. The Morgan fingerprint density at radius 3 is 2.68 bits per heavy atom. The molecule has 3 aromatic rings. The molecule has 8 nitrogen and oxygen atoms in total. The molecule has 0 bridgehead atoms. The first kappa shape index (κ1) is 18.8. The zero-order valence-electron chi connectivity index (χ0n) is 16.2. The Kier molecular flexibility index (Phi) is 4.76. The first-order valence-corrected chi connectivity index (χ1v) is 9.60. The number of piperazine rings is 1. The monoisotopic (exact) mass is 402 g/mol. The predicted molar refractivity (Wildman–Crippen MR) is 110 cm³/mol. The molecule has 28 heavy (non-hydrogen) atoms. The van der Waals surface area contributed by atoms with Crippen molar-refractivity contribution in [2.45, 2.75) is 19.6 Å². The van der Waals surface area contributed by atoms with E-state index in [4.69, 9.17) is 11.6 Å². The molecular weight excluding hydrogens is 380 g/mol. The van der Waals surface area contributed by atoms with E-state index < -0.39 is 0 Å². The fourth-order valence-electron chi connectivity index (χ4n) is 3.92. The van der Waals surface area contributed by atoms with Gasteiger partial charge in [-0.3, -0.25) is 18.8 Å². The molecule has 1 atom stereocenters. The predicted octanol–water partition coefficient (Wildman–Crippen LogP) is 1.26. The lowest BCUT2D eigenvalue weighted by molar-refractivity contribution is 0.185. The second kappa shape index (κ2) is 7.10. The quantitative estimate of drug-likeness (QED) is 0.659. The van der Waals surface area contributed by atoms with Crippen LogP contribution in [0.25, 0.3) is 11.2 Å². The van der Waals surface area contributed by atoms with E-state index in [2.05, 4.69) is 27.8 Å². The van der Waals surface area contributed by atoms with Crippen molar-refractivity contribution >= 4 is 28.5 Å². The molecule has 0 aliphatic carbocycles. The van der Waals surface area contributed by atoms with Crippen LogP contribution in [0.3, 0.4) is 0 Å². The van der Waals surface area contributed by atoms with Crippen LogP contribution in [-0.2, 0) is 20.8 Å². The largest absolute Gasteiger partial charge is 0.366 e. The molecule has 0 N–H and O–H groups in total. The number of halogens is 1. The van der Waals surface area contributed by atoms with Crippen molar-refractivity contribution in [1.82, 2.24) is 23.6 Å². The van der Waals surface area contributed by atoms with E-state index in [1.807, 2.05) is 22.8 Å². The molecule has 1 unspecified atom stereocenters. The first-order chi connectivity index (χ1) is 13.4. The van der Waals surface area contributed by atoms with Crippen LogP contribution in [0.2, 0.25) is 5.02 Å². The average molecular weight is 403 g/mol. The summed E-state index contributed by atoms with van der Waals surface area (Å²) in [7, 11) is 3.13. The maximum atomic E-state index is 12.6. The molecule has 4 rings (SSSR count). The maximum Gasteiger partial charge on any atom is 0.332 e. The van der Waals surface area contributed by atoms with E-state index in [-0.39, 0.29) is 11.2 Å². The summed E-state index contributed by atoms with van der Waals surface area (Å²) in [6.07, 6.45) is 1.64. The van der Waals surface area contributed by atoms with Crippen molar-refractivity contribution in [3.8, 4) is 0 Å². The fraction of sp³-hybridized carbons (Fsp3) is 0.421. The van der Waals surface area contributed by atoms with Crippen LogP contribution in [0.15, 0.2) is 40.2 Å². The van der Waals surface area contributed by atoms with Crippen LogP contribution in [0, 0.1) is 0 Å². The summed E-state index contributed by atoms with van der Waals surface area (Å²) in [5.74, 6) is 0. The zero-order chi connectivity index (χ0) is 20.0. The Hall–Kier alpha value is -2.58. The van der Waals surface area contributed by atoms with Crippen LogP contribution in [-0.4, -0.2) is 49.3 Å². The van der Waals surface area contributed by atoms with Crippen LogP contribution >= 0.6 is 11.6 Å². The van der Waals surface area contributed by atoms with Gasteiger partial charge in [-0.25, -0.2) is 9.78 Å². The van der Waals surface area contributed by atoms with Gasteiger partial charge in [0.05, 0.1) is 13.0 Å². The molecule has 2 aromatic heterocycles. The number of rotatable bonds is 3. The number of benzene rings is 1. The molecule has 148 valence electrons. The van der Waals surface area contributed by atoms with E-state index in [9.17, 15) is 9.59 Å². The Morgan fingerprint density at radius 1 is 1.18 bits per heavy atom. The standard InChI is InChI=1S/C19H23ClN6O2/c1-13-10-24(7-8-26(13)15-6-4-5-14(20)9-15)12-25-11-21-17-16(25)18(27)23(3)19(28)22(17)2/h4-6,9,11,13H,7-8,10,12H2,1-3H3. The normalized spacial score (nSPS) is 18.1. The topological polar surface area (TPSA) is 68.3 Å². The Labute approximate surface area is 167 Å². The van der Waals surface area contributed by atoms with Gasteiger partial charge in [-0.1, -0.05) is 17.7 Å². The molecule has 0 saturated carbocycles. The minimum Gasteiger partial charge on any atom is -0.366 e. The van der Waals surface area contributed by atoms with Gasteiger partial charge in [-0.2, -0.15) is 0 Å². The van der Waals surface area contributed by atoms with Crippen molar-refractivity contribution in [3.63, 3.8) is 0 Å². The molecule has 1 aliphatic heterocycles. The van der Waals surface area contributed by atoms with E-state index in [0.717, 1.165) is 34.9 Å². The lowest BCUT2D eigenvalue weighted by atomic mass is 10.1. The molecule has 0 amide bonds. The number of hydrogen-bond donors (Lipinski definition) is 0. The third kappa shape index (κ3) is 3.12. The van der Waals surface area contributed by atoms with Gasteiger partial charge in [0, 0.05) is 50.5 Å². The smallest absolute Gasteiger partial charge is 0.332 e. The number of aromatic nitrogens is 4. The zero-order valence-corrected chi connectivity index (χ0v) is 16.9. The summed E-state index contributed by atoms with van der Waals surface area (Å²) in [4.78, 5) is 33.6. The molecule has 9 heteroatoms. The highest BCUT2D eigenvalue weighted by atomic mass is 35.5. The second-order valence-corrected chi connectivity index (χ2v) is 7.77. The van der Waals surface area contributed by atoms with Gasteiger partial charge in [0.1, 0.15) is 0 Å². The average Bonchev–Trinajstić information content (AvgIpc) is 3.08. The molecule has 1 aliphatic rings. The van der Waals surface area contributed by atoms with E-state index in [1.54, 1.807) is 13.4 Å². The number of nitrogens with zero attached hydrogens (tertiary/aromatic N) is 6. The van der Waals surface area contributed by atoms with Gasteiger partial charge in [-0.05, 0) is 25.1 Å². The SMILES string of the molecule is CC1CN(Cn2cnc3c2c(=O)n(C)c(=O)n3C)CCN1c1cccc(Cl)c1. The van der Waals surface area contributed by atoms with Crippen molar-refractivity contribution < 1.29 is 0 Å². The van der Waals surface area contributed by atoms with E-state index in [0.29, 0.717) is 23.9 Å².